The van der Waals surface area contributed by atoms with E-state index in [1.54, 1.807) is 7.11 Å². The van der Waals surface area contributed by atoms with Gasteiger partial charge in [0.15, 0.2) is 0 Å². The van der Waals surface area contributed by atoms with Crippen molar-refractivity contribution in [2.24, 2.45) is 11.8 Å². The summed E-state index contributed by atoms with van der Waals surface area (Å²) in [6.45, 7) is 3.17. The van der Waals surface area contributed by atoms with E-state index in [9.17, 15) is 9.59 Å². The molecule has 0 aromatic heterocycles. The number of anilines is 1. The molecule has 2 aromatic carbocycles. The number of rotatable bonds is 7. The molecule has 154 valence electrons. The third-order valence-corrected chi connectivity index (χ3v) is 5.72. The molecule has 0 heterocycles. The number of nitrogens with zero attached hydrogens (tertiary/aromatic N) is 1. The van der Waals surface area contributed by atoms with Crippen molar-refractivity contribution in [1.29, 1.82) is 0 Å². The Labute approximate surface area is 173 Å². The fourth-order valence-electron chi connectivity index (χ4n) is 3.97. The SMILES string of the molecule is CCN(C(=O)C1CCC(C(=O)NCc2ccc(OC)cc2)CC1)c1ccccc1. The largest absolute Gasteiger partial charge is 0.497 e. The fraction of sp³-hybridized carbons (Fsp3) is 0.417. The van der Waals surface area contributed by atoms with Crippen molar-refractivity contribution in [1.82, 2.24) is 5.32 Å². The first kappa shape index (κ1) is 20.9. The monoisotopic (exact) mass is 394 g/mol. The molecule has 3 rings (SSSR count). The van der Waals surface area contributed by atoms with Gasteiger partial charge in [0.25, 0.3) is 0 Å². The van der Waals surface area contributed by atoms with E-state index in [4.69, 9.17) is 4.74 Å². The third kappa shape index (κ3) is 5.37. The van der Waals surface area contributed by atoms with Gasteiger partial charge in [0.05, 0.1) is 7.11 Å². The quantitative estimate of drug-likeness (QED) is 0.767. The Morgan fingerprint density at radius 1 is 0.966 bits per heavy atom. The van der Waals surface area contributed by atoms with E-state index in [2.05, 4.69) is 5.32 Å². The van der Waals surface area contributed by atoms with Crippen molar-refractivity contribution in [2.75, 3.05) is 18.6 Å². The number of ether oxygens (including phenoxy) is 1. The maximum absolute atomic E-state index is 13.0. The van der Waals surface area contributed by atoms with Crippen molar-refractivity contribution in [3.05, 3.63) is 60.2 Å². The summed E-state index contributed by atoms with van der Waals surface area (Å²) in [7, 11) is 1.64. The summed E-state index contributed by atoms with van der Waals surface area (Å²) in [5.41, 5.74) is 1.99. The lowest BCUT2D eigenvalue weighted by atomic mass is 9.80. The molecule has 1 saturated carbocycles. The topological polar surface area (TPSA) is 58.6 Å². The molecule has 1 aliphatic carbocycles. The average molecular weight is 395 g/mol. The average Bonchev–Trinajstić information content (AvgIpc) is 2.79. The van der Waals surface area contributed by atoms with Gasteiger partial charge < -0.3 is 15.0 Å². The van der Waals surface area contributed by atoms with E-state index in [0.29, 0.717) is 13.1 Å². The molecule has 1 aliphatic rings. The van der Waals surface area contributed by atoms with Gasteiger partial charge in [-0.2, -0.15) is 0 Å². The summed E-state index contributed by atoms with van der Waals surface area (Å²) in [6.07, 6.45) is 3.06. The molecular weight excluding hydrogens is 364 g/mol. The lowest BCUT2D eigenvalue weighted by Crippen LogP contribution is -2.39. The number of benzene rings is 2. The van der Waals surface area contributed by atoms with E-state index in [-0.39, 0.29) is 23.7 Å². The summed E-state index contributed by atoms with van der Waals surface area (Å²) in [6, 6.07) is 17.5. The summed E-state index contributed by atoms with van der Waals surface area (Å²) in [5, 5.41) is 3.03. The molecule has 29 heavy (non-hydrogen) atoms. The second kappa shape index (κ2) is 10.1. The number of carbonyl (C=O) groups excluding carboxylic acids is 2. The third-order valence-electron chi connectivity index (χ3n) is 5.72. The van der Waals surface area contributed by atoms with Crippen LogP contribution in [0.4, 0.5) is 5.69 Å². The molecule has 5 heteroatoms. The van der Waals surface area contributed by atoms with Gasteiger partial charge in [0.1, 0.15) is 5.75 Å². The Morgan fingerprint density at radius 2 is 1.59 bits per heavy atom. The summed E-state index contributed by atoms with van der Waals surface area (Å²) in [5.74, 6) is 1.06. The standard InChI is InChI=1S/C24H30N2O3/c1-3-26(21-7-5-4-6-8-21)24(28)20-13-11-19(12-14-20)23(27)25-17-18-9-15-22(29-2)16-10-18/h4-10,15-16,19-20H,3,11-14,17H2,1-2H3,(H,25,27). The van der Waals surface area contributed by atoms with Crippen LogP contribution in [0.15, 0.2) is 54.6 Å². The molecule has 2 aromatic rings. The van der Waals surface area contributed by atoms with Gasteiger partial charge in [-0.25, -0.2) is 0 Å². The molecule has 1 fully saturated rings. The van der Waals surface area contributed by atoms with E-state index < -0.39 is 0 Å². The molecule has 5 nitrogen and oxygen atoms in total. The number of carbonyl (C=O) groups is 2. The van der Waals surface area contributed by atoms with Crippen molar-refractivity contribution in [3.63, 3.8) is 0 Å². The normalized spacial score (nSPS) is 18.7. The van der Waals surface area contributed by atoms with Crippen LogP contribution < -0.4 is 15.0 Å². The zero-order valence-electron chi connectivity index (χ0n) is 17.3. The molecule has 0 radical (unpaired) electrons. The second-order valence-corrected chi connectivity index (χ2v) is 7.53. The van der Waals surface area contributed by atoms with Crippen molar-refractivity contribution in [3.8, 4) is 5.75 Å². The number of methoxy groups -OCH3 is 1. The molecule has 2 amide bonds. The molecular formula is C24H30N2O3. The molecule has 1 N–H and O–H groups in total. The Balaban J connectivity index is 1.48. The Morgan fingerprint density at radius 3 is 2.17 bits per heavy atom. The van der Waals surface area contributed by atoms with Crippen LogP contribution in [-0.4, -0.2) is 25.5 Å². The lowest BCUT2D eigenvalue weighted by molar-refractivity contribution is -0.129. The van der Waals surface area contributed by atoms with Gasteiger partial charge in [-0.05, 0) is 62.4 Å². The number of hydrogen-bond donors (Lipinski definition) is 1. The highest BCUT2D eigenvalue weighted by Gasteiger charge is 2.32. The second-order valence-electron chi connectivity index (χ2n) is 7.53. The number of hydrogen-bond acceptors (Lipinski definition) is 3. The summed E-state index contributed by atoms with van der Waals surface area (Å²) < 4.78 is 5.15. The van der Waals surface area contributed by atoms with Crippen molar-refractivity contribution >= 4 is 17.5 Å². The molecule has 0 unspecified atom stereocenters. The van der Waals surface area contributed by atoms with Gasteiger partial charge in [0.2, 0.25) is 11.8 Å². The zero-order valence-corrected chi connectivity index (χ0v) is 17.3. The highest BCUT2D eigenvalue weighted by Crippen LogP contribution is 2.31. The van der Waals surface area contributed by atoms with Gasteiger partial charge in [-0.1, -0.05) is 30.3 Å². The van der Waals surface area contributed by atoms with Crippen LogP contribution in [0.5, 0.6) is 5.75 Å². The van der Waals surface area contributed by atoms with Crippen LogP contribution in [0.1, 0.15) is 38.2 Å². The number of nitrogens with one attached hydrogen (secondary N) is 1. The van der Waals surface area contributed by atoms with Crippen molar-refractivity contribution < 1.29 is 14.3 Å². The van der Waals surface area contributed by atoms with Crippen LogP contribution in [0.25, 0.3) is 0 Å². The van der Waals surface area contributed by atoms with E-state index >= 15 is 0 Å². The van der Waals surface area contributed by atoms with Crippen LogP contribution in [0.2, 0.25) is 0 Å². The highest BCUT2D eigenvalue weighted by atomic mass is 16.5. The maximum Gasteiger partial charge on any atom is 0.230 e. The first-order valence-electron chi connectivity index (χ1n) is 10.4. The first-order chi connectivity index (χ1) is 14.1. The molecule has 0 saturated heterocycles. The lowest BCUT2D eigenvalue weighted by Gasteiger charge is -2.31. The Hall–Kier alpha value is -2.82. The predicted molar refractivity (Wildman–Crippen MR) is 115 cm³/mol. The van der Waals surface area contributed by atoms with Crippen molar-refractivity contribution in [2.45, 2.75) is 39.2 Å². The number of para-hydroxylation sites is 1. The molecule has 0 atom stereocenters. The minimum absolute atomic E-state index is 0.000735. The van der Waals surface area contributed by atoms with Crippen LogP contribution in [0, 0.1) is 11.8 Å². The summed E-state index contributed by atoms with van der Waals surface area (Å²) in [4.78, 5) is 27.4. The van der Waals surface area contributed by atoms with E-state index in [1.165, 1.54) is 0 Å². The van der Waals surface area contributed by atoms with Crippen LogP contribution in [0.3, 0.4) is 0 Å². The van der Waals surface area contributed by atoms with Crippen LogP contribution in [-0.2, 0) is 16.1 Å². The minimum atomic E-state index is -0.0101. The van der Waals surface area contributed by atoms with E-state index in [0.717, 1.165) is 42.7 Å². The first-order valence-corrected chi connectivity index (χ1v) is 10.4. The fourth-order valence-corrected chi connectivity index (χ4v) is 3.97. The minimum Gasteiger partial charge on any atom is -0.497 e. The molecule has 0 bridgehead atoms. The van der Waals surface area contributed by atoms with Gasteiger partial charge in [-0.3, -0.25) is 9.59 Å². The van der Waals surface area contributed by atoms with Gasteiger partial charge >= 0.3 is 0 Å². The highest BCUT2D eigenvalue weighted by molar-refractivity contribution is 5.95. The predicted octanol–water partition coefficient (Wildman–Crippen LogP) is 4.17. The van der Waals surface area contributed by atoms with Gasteiger partial charge in [-0.15, -0.1) is 0 Å². The number of amides is 2. The van der Waals surface area contributed by atoms with E-state index in [1.807, 2.05) is 66.4 Å². The Bertz CT molecular complexity index is 797. The maximum atomic E-state index is 13.0. The zero-order chi connectivity index (χ0) is 20.6. The van der Waals surface area contributed by atoms with Crippen LogP contribution >= 0.6 is 0 Å². The smallest absolute Gasteiger partial charge is 0.230 e. The molecule has 0 aliphatic heterocycles. The summed E-state index contributed by atoms with van der Waals surface area (Å²) >= 11 is 0. The Kier molecular flexibility index (Phi) is 7.28. The molecule has 0 spiro atoms. The van der Waals surface area contributed by atoms with Gasteiger partial charge in [0, 0.05) is 30.6 Å².